The molecule has 7 heteroatoms. The molecule has 0 bridgehead atoms. The second-order valence-corrected chi connectivity index (χ2v) is 5.49. The summed E-state index contributed by atoms with van der Waals surface area (Å²) in [5, 5.41) is 12.1. The molecule has 0 radical (unpaired) electrons. The fraction of sp³-hybridized carbons (Fsp3) is 0.312. The first-order valence-electron chi connectivity index (χ1n) is 7.61. The van der Waals surface area contributed by atoms with Crippen LogP contribution in [-0.4, -0.2) is 40.1 Å². The van der Waals surface area contributed by atoms with Gasteiger partial charge in [-0.3, -0.25) is 9.89 Å². The number of H-pyrrole nitrogens is 1. The fourth-order valence-electron chi connectivity index (χ4n) is 2.68. The predicted molar refractivity (Wildman–Crippen MR) is 85.7 cm³/mol. The van der Waals surface area contributed by atoms with E-state index in [1.54, 1.807) is 11.1 Å². The number of hydrogen-bond donors (Lipinski definition) is 3. The fourth-order valence-corrected chi connectivity index (χ4v) is 2.68. The molecule has 2 heterocycles. The van der Waals surface area contributed by atoms with Crippen LogP contribution >= 0.6 is 0 Å². The molecule has 7 nitrogen and oxygen atoms in total. The van der Waals surface area contributed by atoms with Crippen molar-refractivity contribution < 1.29 is 9.59 Å². The Hall–Kier alpha value is -2.83. The number of urea groups is 1. The number of aromatic nitrogens is 2. The third-order valence-electron chi connectivity index (χ3n) is 3.84. The Labute approximate surface area is 134 Å². The molecular weight excluding hydrogens is 294 g/mol. The molecule has 3 rings (SSSR count). The van der Waals surface area contributed by atoms with E-state index < -0.39 is 0 Å². The summed E-state index contributed by atoms with van der Waals surface area (Å²) in [7, 11) is 0. The highest BCUT2D eigenvalue weighted by Gasteiger charge is 2.25. The third-order valence-corrected chi connectivity index (χ3v) is 3.84. The highest BCUT2D eigenvalue weighted by molar-refractivity contribution is 5.89. The van der Waals surface area contributed by atoms with Gasteiger partial charge in [-0.1, -0.05) is 30.3 Å². The minimum atomic E-state index is -0.327. The number of nitrogens with zero attached hydrogens (tertiary/aromatic N) is 2. The van der Waals surface area contributed by atoms with Crippen LogP contribution in [0, 0.1) is 0 Å². The van der Waals surface area contributed by atoms with Crippen LogP contribution in [0.5, 0.6) is 0 Å². The van der Waals surface area contributed by atoms with Crippen molar-refractivity contribution >= 4 is 17.6 Å². The Morgan fingerprint density at radius 2 is 2.17 bits per heavy atom. The van der Waals surface area contributed by atoms with Gasteiger partial charge in [-0.05, 0) is 12.0 Å². The average molecular weight is 313 g/mol. The number of carbonyl (C=O) groups excluding carboxylic acids is 2. The van der Waals surface area contributed by atoms with Gasteiger partial charge in [0.2, 0.25) is 5.91 Å². The molecule has 3 amide bonds. The van der Waals surface area contributed by atoms with Gasteiger partial charge in [0.1, 0.15) is 0 Å². The van der Waals surface area contributed by atoms with Crippen molar-refractivity contribution in [3.63, 3.8) is 0 Å². The van der Waals surface area contributed by atoms with Gasteiger partial charge in [-0.15, -0.1) is 0 Å². The van der Waals surface area contributed by atoms with Crippen LogP contribution in [0.15, 0.2) is 42.7 Å². The molecule has 1 aliphatic rings. The number of benzene rings is 1. The Bertz CT molecular complexity index is 656. The van der Waals surface area contributed by atoms with Crippen LogP contribution in [-0.2, 0) is 4.79 Å². The van der Waals surface area contributed by atoms with Crippen molar-refractivity contribution in [3.8, 4) is 0 Å². The van der Waals surface area contributed by atoms with Gasteiger partial charge < -0.3 is 15.5 Å². The number of aromatic amines is 1. The number of likely N-dealkylation sites (tertiary alicyclic amines) is 1. The lowest BCUT2D eigenvalue weighted by molar-refractivity contribution is -0.128. The molecule has 23 heavy (non-hydrogen) atoms. The van der Waals surface area contributed by atoms with E-state index in [0.717, 1.165) is 18.5 Å². The van der Waals surface area contributed by atoms with Gasteiger partial charge in [0.15, 0.2) is 0 Å². The van der Waals surface area contributed by atoms with E-state index in [9.17, 15) is 9.59 Å². The van der Waals surface area contributed by atoms with Crippen molar-refractivity contribution in [1.82, 2.24) is 20.4 Å². The molecule has 0 unspecified atom stereocenters. The minimum Gasteiger partial charge on any atom is -0.340 e. The summed E-state index contributed by atoms with van der Waals surface area (Å²) in [5.41, 5.74) is 1.56. The van der Waals surface area contributed by atoms with Crippen LogP contribution in [0.25, 0.3) is 0 Å². The first-order chi connectivity index (χ1) is 11.2. The molecule has 1 atom stereocenters. The normalized spacial score (nSPS) is 15.5. The summed E-state index contributed by atoms with van der Waals surface area (Å²) in [6.07, 6.45) is 4.59. The predicted octanol–water partition coefficient (Wildman–Crippen LogP) is 1.89. The summed E-state index contributed by atoms with van der Waals surface area (Å²) in [6, 6.07) is 9.07. The Kier molecular flexibility index (Phi) is 4.56. The molecule has 3 N–H and O–H groups in total. The van der Waals surface area contributed by atoms with Crippen LogP contribution in [0.4, 0.5) is 10.5 Å². The topological polar surface area (TPSA) is 90.1 Å². The van der Waals surface area contributed by atoms with Gasteiger partial charge in [-0.25, -0.2) is 4.79 Å². The van der Waals surface area contributed by atoms with E-state index in [0.29, 0.717) is 18.7 Å². The lowest BCUT2D eigenvalue weighted by atomic mass is 10.1. The zero-order chi connectivity index (χ0) is 16.1. The van der Waals surface area contributed by atoms with E-state index in [-0.39, 0.29) is 18.0 Å². The lowest BCUT2D eigenvalue weighted by Gasteiger charge is -2.25. The zero-order valence-corrected chi connectivity index (χ0v) is 12.7. The van der Waals surface area contributed by atoms with Gasteiger partial charge in [-0.2, -0.15) is 5.10 Å². The van der Waals surface area contributed by atoms with Crippen LogP contribution < -0.4 is 10.6 Å². The van der Waals surface area contributed by atoms with Crippen molar-refractivity contribution in [1.29, 1.82) is 0 Å². The SMILES string of the molecule is O=C(Nc1cn[nH]c1)N[C@@H](CN1CCCC1=O)c1ccccc1. The van der Waals surface area contributed by atoms with Gasteiger partial charge in [0, 0.05) is 25.7 Å². The maximum absolute atomic E-state index is 12.2. The van der Waals surface area contributed by atoms with E-state index in [1.165, 1.54) is 6.20 Å². The molecular formula is C16H19N5O2. The number of amides is 3. The number of nitrogens with one attached hydrogen (secondary N) is 3. The number of hydrogen-bond acceptors (Lipinski definition) is 3. The third kappa shape index (κ3) is 3.88. The van der Waals surface area contributed by atoms with Crippen molar-refractivity contribution in [3.05, 3.63) is 48.3 Å². The molecule has 0 spiro atoms. The monoisotopic (exact) mass is 313 g/mol. The Morgan fingerprint density at radius 1 is 1.35 bits per heavy atom. The molecule has 1 saturated heterocycles. The summed E-state index contributed by atoms with van der Waals surface area (Å²) in [6.45, 7) is 1.22. The molecule has 1 fully saturated rings. The second kappa shape index (κ2) is 6.95. The zero-order valence-electron chi connectivity index (χ0n) is 12.7. The Morgan fingerprint density at radius 3 is 2.83 bits per heavy atom. The standard InChI is InChI=1S/C16H19N5O2/c22-15-7-4-8-21(15)11-14(12-5-2-1-3-6-12)20-16(23)19-13-9-17-18-10-13/h1-3,5-6,9-10,14H,4,7-8,11H2,(H,17,18)(H2,19,20,23)/t14-/m0/s1. The molecule has 1 aromatic heterocycles. The van der Waals surface area contributed by atoms with Crippen LogP contribution in [0.3, 0.4) is 0 Å². The summed E-state index contributed by atoms with van der Waals surface area (Å²) in [4.78, 5) is 25.9. The number of anilines is 1. The quantitative estimate of drug-likeness (QED) is 0.787. The lowest BCUT2D eigenvalue weighted by Crippen LogP contribution is -2.40. The van der Waals surface area contributed by atoms with Gasteiger partial charge in [0.05, 0.1) is 17.9 Å². The highest BCUT2D eigenvalue weighted by atomic mass is 16.2. The molecule has 1 aliphatic heterocycles. The highest BCUT2D eigenvalue weighted by Crippen LogP contribution is 2.18. The number of carbonyl (C=O) groups is 2. The van der Waals surface area contributed by atoms with E-state index in [4.69, 9.17) is 0 Å². The smallest absolute Gasteiger partial charge is 0.319 e. The summed E-state index contributed by atoms with van der Waals surface area (Å²) in [5.74, 6) is 0.142. The maximum atomic E-state index is 12.2. The number of rotatable bonds is 5. The van der Waals surface area contributed by atoms with Crippen molar-refractivity contribution in [2.24, 2.45) is 0 Å². The van der Waals surface area contributed by atoms with E-state index >= 15 is 0 Å². The molecule has 120 valence electrons. The molecule has 2 aromatic rings. The largest absolute Gasteiger partial charge is 0.340 e. The average Bonchev–Trinajstić information content (AvgIpc) is 3.20. The maximum Gasteiger partial charge on any atom is 0.319 e. The van der Waals surface area contributed by atoms with E-state index in [2.05, 4.69) is 20.8 Å². The van der Waals surface area contributed by atoms with Crippen molar-refractivity contribution in [2.45, 2.75) is 18.9 Å². The van der Waals surface area contributed by atoms with Crippen molar-refractivity contribution in [2.75, 3.05) is 18.4 Å². The second-order valence-electron chi connectivity index (χ2n) is 5.49. The Balaban J connectivity index is 1.69. The molecule has 0 saturated carbocycles. The minimum absolute atomic E-state index is 0.142. The van der Waals surface area contributed by atoms with Gasteiger partial charge >= 0.3 is 6.03 Å². The summed E-state index contributed by atoms with van der Waals surface area (Å²) < 4.78 is 0. The van der Waals surface area contributed by atoms with E-state index in [1.807, 2.05) is 30.3 Å². The first kappa shape index (κ1) is 15.1. The summed E-state index contributed by atoms with van der Waals surface area (Å²) >= 11 is 0. The van der Waals surface area contributed by atoms with Gasteiger partial charge in [0.25, 0.3) is 0 Å². The molecule has 0 aliphatic carbocycles. The molecule has 1 aromatic carbocycles. The first-order valence-corrected chi connectivity index (χ1v) is 7.61. The van der Waals surface area contributed by atoms with Crippen LogP contribution in [0.2, 0.25) is 0 Å². The van der Waals surface area contributed by atoms with Crippen LogP contribution in [0.1, 0.15) is 24.4 Å².